The highest BCUT2D eigenvalue weighted by atomic mass is 35.5. The van der Waals surface area contributed by atoms with Gasteiger partial charge in [-0.25, -0.2) is 4.98 Å². The van der Waals surface area contributed by atoms with Gasteiger partial charge in [0.2, 0.25) is 0 Å². The van der Waals surface area contributed by atoms with Gasteiger partial charge in [-0.1, -0.05) is 35.3 Å². The predicted molar refractivity (Wildman–Crippen MR) is 111 cm³/mol. The lowest BCUT2D eigenvalue weighted by atomic mass is 10.1. The van der Waals surface area contributed by atoms with Crippen LogP contribution in [0.15, 0.2) is 42.6 Å². The summed E-state index contributed by atoms with van der Waals surface area (Å²) in [6.45, 7) is 3.97. The van der Waals surface area contributed by atoms with Crippen molar-refractivity contribution in [3.63, 3.8) is 0 Å². The summed E-state index contributed by atoms with van der Waals surface area (Å²) >= 11 is 13.5. The summed E-state index contributed by atoms with van der Waals surface area (Å²) in [4.78, 5) is 17.3. The number of carbonyl (C=O) groups excluding carboxylic acids is 1. The monoisotopic (exact) mass is 420 g/mol. The van der Waals surface area contributed by atoms with E-state index in [-0.39, 0.29) is 12.5 Å². The van der Waals surface area contributed by atoms with Crippen LogP contribution in [0, 0.1) is 13.8 Å². The van der Waals surface area contributed by atoms with E-state index in [4.69, 9.17) is 27.9 Å². The van der Waals surface area contributed by atoms with Crippen LogP contribution in [0.5, 0.6) is 5.75 Å². The van der Waals surface area contributed by atoms with Gasteiger partial charge in [0, 0.05) is 27.5 Å². The number of carbonyl (C=O) groups is 1. The van der Waals surface area contributed by atoms with Crippen LogP contribution in [-0.2, 0) is 11.2 Å². The minimum atomic E-state index is -0.251. The summed E-state index contributed by atoms with van der Waals surface area (Å²) < 4.78 is 5.54. The van der Waals surface area contributed by atoms with Crippen LogP contribution in [0.4, 0.5) is 5.13 Å². The molecule has 0 unspecified atom stereocenters. The molecule has 0 bridgehead atoms. The van der Waals surface area contributed by atoms with E-state index in [9.17, 15) is 4.79 Å². The molecule has 0 saturated heterocycles. The molecule has 7 heteroatoms. The molecule has 0 atom stereocenters. The van der Waals surface area contributed by atoms with Gasteiger partial charge >= 0.3 is 0 Å². The first-order valence-corrected chi connectivity index (χ1v) is 9.86. The number of aryl methyl sites for hydroxylation is 2. The minimum absolute atomic E-state index is 0.0690. The number of benzene rings is 2. The topological polar surface area (TPSA) is 51.2 Å². The van der Waals surface area contributed by atoms with E-state index in [0.717, 1.165) is 16.0 Å². The van der Waals surface area contributed by atoms with E-state index in [2.05, 4.69) is 10.3 Å². The third-order valence-electron chi connectivity index (χ3n) is 4.03. The fourth-order valence-corrected chi connectivity index (χ4v) is 3.73. The molecule has 0 fully saturated rings. The van der Waals surface area contributed by atoms with Crippen LogP contribution in [0.1, 0.15) is 21.6 Å². The molecule has 0 spiro atoms. The molecule has 0 radical (unpaired) electrons. The van der Waals surface area contributed by atoms with Gasteiger partial charge in [0.25, 0.3) is 5.91 Å². The molecule has 2 aromatic carbocycles. The van der Waals surface area contributed by atoms with Crippen LogP contribution in [0.25, 0.3) is 0 Å². The quantitative estimate of drug-likeness (QED) is 0.558. The predicted octanol–water partition coefficient (Wildman–Crippen LogP) is 5.68. The molecule has 1 heterocycles. The zero-order valence-corrected chi connectivity index (χ0v) is 17.2. The lowest BCUT2D eigenvalue weighted by molar-refractivity contribution is -0.118. The van der Waals surface area contributed by atoms with Gasteiger partial charge in [0.1, 0.15) is 5.75 Å². The first-order valence-electron chi connectivity index (χ1n) is 8.29. The Hall–Kier alpha value is -2.08. The van der Waals surface area contributed by atoms with Crippen molar-refractivity contribution in [1.29, 1.82) is 0 Å². The number of nitrogens with zero attached hydrogens (tertiary/aromatic N) is 1. The second-order valence-corrected chi connectivity index (χ2v) is 8.09. The van der Waals surface area contributed by atoms with Crippen molar-refractivity contribution in [2.75, 3.05) is 11.9 Å². The number of aromatic nitrogens is 1. The molecular weight excluding hydrogens is 403 g/mol. The minimum Gasteiger partial charge on any atom is -0.484 e. The van der Waals surface area contributed by atoms with Crippen molar-refractivity contribution < 1.29 is 9.53 Å². The Morgan fingerprint density at radius 2 is 1.96 bits per heavy atom. The molecular formula is C20H18Cl2N2O2S. The number of halogens is 2. The summed E-state index contributed by atoms with van der Waals surface area (Å²) in [6, 6.07) is 11.1. The molecule has 140 valence electrons. The SMILES string of the molecule is Cc1ccc(OCC(=O)Nc2ncc(Cc3ccc(Cl)cc3Cl)s2)cc1C. The van der Waals surface area contributed by atoms with E-state index >= 15 is 0 Å². The summed E-state index contributed by atoms with van der Waals surface area (Å²) in [5, 5.41) is 4.50. The van der Waals surface area contributed by atoms with Gasteiger partial charge in [0.05, 0.1) is 0 Å². The maximum Gasteiger partial charge on any atom is 0.264 e. The number of nitrogens with one attached hydrogen (secondary N) is 1. The van der Waals surface area contributed by atoms with Gasteiger partial charge in [-0.15, -0.1) is 11.3 Å². The Balaban J connectivity index is 1.55. The number of rotatable bonds is 6. The van der Waals surface area contributed by atoms with Gasteiger partial charge in [0.15, 0.2) is 11.7 Å². The molecule has 3 aromatic rings. The first-order chi connectivity index (χ1) is 12.9. The summed E-state index contributed by atoms with van der Waals surface area (Å²) in [7, 11) is 0. The summed E-state index contributed by atoms with van der Waals surface area (Å²) in [5.41, 5.74) is 3.27. The van der Waals surface area contributed by atoms with Crippen molar-refractivity contribution in [1.82, 2.24) is 4.98 Å². The Kier molecular flexibility index (Phi) is 6.37. The fraction of sp³-hybridized carbons (Fsp3) is 0.200. The van der Waals surface area contributed by atoms with Gasteiger partial charge in [-0.3, -0.25) is 10.1 Å². The summed E-state index contributed by atoms with van der Waals surface area (Å²) in [6.07, 6.45) is 2.36. The molecule has 0 aliphatic rings. The fourth-order valence-electron chi connectivity index (χ4n) is 2.41. The molecule has 0 saturated carbocycles. The number of thiazole rings is 1. The van der Waals surface area contributed by atoms with Gasteiger partial charge < -0.3 is 4.74 Å². The average Bonchev–Trinajstić information content (AvgIpc) is 3.05. The second kappa shape index (κ2) is 8.74. The number of ether oxygens (including phenoxy) is 1. The van der Waals surface area contributed by atoms with Crippen LogP contribution in [-0.4, -0.2) is 17.5 Å². The zero-order chi connectivity index (χ0) is 19.4. The lowest BCUT2D eigenvalue weighted by Gasteiger charge is -2.07. The number of hydrogen-bond donors (Lipinski definition) is 1. The van der Waals surface area contributed by atoms with E-state index in [1.165, 1.54) is 16.9 Å². The Labute approximate surface area is 172 Å². The number of anilines is 1. The third-order valence-corrected chi connectivity index (χ3v) is 5.53. The van der Waals surface area contributed by atoms with E-state index < -0.39 is 0 Å². The van der Waals surface area contributed by atoms with E-state index in [1.54, 1.807) is 18.3 Å². The molecule has 0 aliphatic carbocycles. The maximum atomic E-state index is 12.1. The zero-order valence-electron chi connectivity index (χ0n) is 14.9. The number of hydrogen-bond acceptors (Lipinski definition) is 4. The lowest BCUT2D eigenvalue weighted by Crippen LogP contribution is -2.20. The van der Waals surface area contributed by atoms with E-state index in [0.29, 0.717) is 27.3 Å². The van der Waals surface area contributed by atoms with Crippen molar-refractivity contribution in [3.8, 4) is 5.75 Å². The second-order valence-electron chi connectivity index (χ2n) is 6.13. The van der Waals surface area contributed by atoms with Crippen LogP contribution in [0.2, 0.25) is 10.0 Å². The van der Waals surface area contributed by atoms with Crippen molar-refractivity contribution in [2.45, 2.75) is 20.3 Å². The highest BCUT2D eigenvalue weighted by Gasteiger charge is 2.10. The van der Waals surface area contributed by atoms with Crippen molar-refractivity contribution >= 4 is 45.6 Å². The van der Waals surface area contributed by atoms with Gasteiger partial charge in [-0.05, 0) is 54.8 Å². The van der Waals surface area contributed by atoms with Crippen LogP contribution < -0.4 is 10.1 Å². The average molecular weight is 421 g/mol. The smallest absolute Gasteiger partial charge is 0.264 e. The largest absolute Gasteiger partial charge is 0.484 e. The molecule has 3 rings (SSSR count). The molecule has 1 amide bonds. The van der Waals surface area contributed by atoms with Crippen molar-refractivity contribution in [2.24, 2.45) is 0 Å². The molecule has 1 N–H and O–H groups in total. The van der Waals surface area contributed by atoms with Crippen LogP contribution in [0.3, 0.4) is 0 Å². The normalized spacial score (nSPS) is 10.7. The summed E-state index contributed by atoms with van der Waals surface area (Å²) in [5.74, 6) is 0.420. The molecule has 4 nitrogen and oxygen atoms in total. The molecule has 1 aromatic heterocycles. The Bertz CT molecular complexity index is 972. The third kappa shape index (κ3) is 5.45. The highest BCUT2D eigenvalue weighted by molar-refractivity contribution is 7.15. The maximum absolute atomic E-state index is 12.1. The van der Waals surface area contributed by atoms with Gasteiger partial charge in [-0.2, -0.15) is 0 Å². The highest BCUT2D eigenvalue weighted by Crippen LogP contribution is 2.27. The standard InChI is InChI=1S/C20H18Cl2N2O2S/c1-12-3-6-16(7-13(12)2)26-11-19(25)24-20-23-10-17(27-20)8-14-4-5-15(21)9-18(14)22/h3-7,9-10H,8,11H2,1-2H3,(H,23,24,25). The Morgan fingerprint density at radius 1 is 1.15 bits per heavy atom. The van der Waals surface area contributed by atoms with E-state index in [1.807, 2.05) is 38.1 Å². The first kappa shape index (κ1) is 19.7. The number of amides is 1. The van der Waals surface area contributed by atoms with Crippen LogP contribution >= 0.6 is 34.5 Å². The molecule has 0 aliphatic heterocycles. The molecule has 27 heavy (non-hydrogen) atoms. The van der Waals surface area contributed by atoms with Crippen molar-refractivity contribution in [3.05, 3.63) is 74.2 Å². The Morgan fingerprint density at radius 3 is 2.70 bits per heavy atom.